The highest BCUT2D eigenvalue weighted by molar-refractivity contribution is 5.87. The molecular formula is C23H32O. The molecule has 7 atom stereocenters. The Kier molecular flexibility index (Phi) is 3.71. The van der Waals surface area contributed by atoms with Crippen LogP contribution in [0.5, 0.6) is 0 Å². The molecule has 3 fully saturated rings. The molecule has 24 heavy (non-hydrogen) atoms. The molecule has 0 saturated heterocycles. The van der Waals surface area contributed by atoms with Crippen molar-refractivity contribution in [1.29, 1.82) is 0 Å². The number of allylic oxidation sites excluding steroid dienone is 4. The van der Waals surface area contributed by atoms with Crippen LogP contribution in [-0.2, 0) is 4.79 Å². The fraction of sp³-hybridized carbons (Fsp3) is 0.696. The van der Waals surface area contributed by atoms with E-state index in [0.29, 0.717) is 29.0 Å². The first-order valence-corrected chi connectivity index (χ1v) is 9.94. The van der Waals surface area contributed by atoms with Crippen molar-refractivity contribution in [1.82, 2.24) is 0 Å². The first-order valence-electron chi connectivity index (χ1n) is 9.94. The summed E-state index contributed by atoms with van der Waals surface area (Å²) in [7, 11) is 0. The van der Waals surface area contributed by atoms with Crippen molar-refractivity contribution in [2.45, 2.75) is 58.8 Å². The summed E-state index contributed by atoms with van der Waals surface area (Å²) in [6, 6.07) is 0. The number of rotatable bonds is 2. The number of Topliss-reactive ketones (excluding diaryl/α,β-unsaturated/α-hetero) is 1. The molecule has 0 heterocycles. The average Bonchev–Trinajstić information content (AvgIpc) is 2.88. The fourth-order valence-electron chi connectivity index (χ4n) is 7.18. The van der Waals surface area contributed by atoms with Crippen LogP contribution in [-0.4, -0.2) is 5.78 Å². The van der Waals surface area contributed by atoms with Gasteiger partial charge in [0.2, 0.25) is 0 Å². The third-order valence-corrected chi connectivity index (χ3v) is 8.61. The van der Waals surface area contributed by atoms with E-state index in [1.165, 1.54) is 25.7 Å². The predicted molar refractivity (Wildman–Crippen MR) is 99.5 cm³/mol. The van der Waals surface area contributed by atoms with Gasteiger partial charge >= 0.3 is 0 Å². The van der Waals surface area contributed by atoms with Gasteiger partial charge in [0.15, 0.2) is 0 Å². The Labute approximate surface area is 147 Å². The van der Waals surface area contributed by atoms with Gasteiger partial charge < -0.3 is 0 Å². The highest BCUT2D eigenvalue weighted by Crippen LogP contribution is 2.65. The molecule has 3 saturated carbocycles. The average molecular weight is 325 g/mol. The minimum Gasteiger partial charge on any atom is -0.299 e. The van der Waals surface area contributed by atoms with Gasteiger partial charge in [-0.15, -0.1) is 13.2 Å². The summed E-state index contributed by atoms with van der Waals surface area (Å²) < 4.78 is 0. The molecule has 0 aromatic heterocycles. The quantitative estimate of drug-likeness (QED) is 0.593. The molecule has 0 bridgehead atoms. The van der Waals surface area contributed by atoms with Crippen molar-refractivity contribution in [3.05, 3.63) is 37.0 Å². The summed E-state index contributed by atoms with van der Waals surface area (Å²) in [5.74, 6) is 3.67. The van der Waals surface area contributed by atoms with Crippen LogP contribution >= 0.6 is 0 Å². The normalized spacial score (nSPS) is 50.3. The second-order valence-electron chi connectivity index (χ2n) is 9.31. The van der Waals surface area contributed by atoms with Gasteiger partial charge in [-0.1, -0.05) is 37.6 Å². The second kappa shape index (κ2) is 5.44. The van der Waals surface area contributed by atoms with Gasteiger partial charge in [0, 0.05) is 17.8 Å². The monoisotopic (exact) mass is 324 g/mol. The lowest BCUT2D eigenvalue weighted by atomic mass is 9.46. The van der Waals surface area contributed by atoms with Crippen LogP contribution in [0.25, 0.3) is 0 Å². The van der Waals surface area contributed by atoms with Crippen molar-refractivity contribution in [3.63, 3.8) is 0 Å². The van der Waals surface area contributed by atoms with Gasteiger partial charge in [-0.25, -0.2) is 0 Å². The van der Waals surface area contributed by atoms with Crippen molar-refractivity contribution in [2.24, 2.45) is 40.4 Å². The molecule has 1 nitrogen and oxygen atoms in total. The molecule has 0 radical (unpaired) electrons. The van der Waals surface area contributed by atoms with E-state index in [0.717, 1.165) is 31.1 Å². The summed E-state index contributed by atoms with van der Waals surface area (Å²) in [6.07, 6.45) is 14.9. The Balaban J connectivity index is 1.72. The molecule has 0 aliphatic heterocycles. The van der Waals surface area contributed by atoms with E-state index in [1.807, 2.05) is 0 Å². The molecule has 130 valence electrons. The molecule has 0 spiro atoms. The Morgan fingerprint density at radius 2 is 1.75 bits per heavy atom. The van der Waals surface area contributed by atoms with E-state index >= 15 is 0 Å². The van der Waals surface area contributed by atoms with Gasteiger partial charge in [0.05, 0.1) is 0 Å². The SMILES string of the molecule is C=C[C@H]1CC[C@@]2(C)C(=CC[C@@H]3[C@@H]2CC[C@]2(C)C(=O)CC[C@@H]32)[C@@H]1C=C. The lowest BCUT2D eigenvalue weighted by molar-refractivity contribution is -0.131. The maximum atomic E-state index is 12.5. The highest BCUT2D eigenvalue weighted by Gasteiger charge is 2.59. The van der Waals surface area contributed by atoms with Crippen molar-refractivity contribution >= 4 is 5.78 Å². The van der Waals surface area contributed by atoms with Crippen LogP contribution in [0.15, 0.2) is 37.0 Å². The molecule has 1 heteroatoms. The molecule has 4 rings (SSSR count). The van der Waals surface area contributed by atoms with Gasteiger partial charge in [0.1, 0.15) is 5.78 Å². The van der Waals surface area contributed by atoms with E-state index in [9.17, 15) is 4.79 Å². The third-order valence-electron chi connectivity index (χ3n) is 8.61. The van der Waals surface area contributed by atoms with E-state index in [-0.39, 0.29) is 5.41 Å². The number of ketones is 1. The van der Waals surface area contributed by atoms with Gasteiger partial charge in [-0.3, -0.25) is 4.79 Å². The number of carbonyl (C=O) groups is 1. The summed E-state index contributed by atoms with van der Waals surface area (Å²) >= 11 is 0. The largest absolute Gasteiger partial charge is 0.299 e. The molecule has 4 aliphatic carbocycles. The highest BCUT2D eigenvalue weighted by atomic mass is 16.1. The minimum atomic E-state index is -0.0149. The second-order valence-corrected chi connectivity index (χ2v) is 9.31. The van der Waals surface area contributed by atoms with Crippen molar-refractivity contribution in [3.8, 4) is 0 Å². The summed E-state index contributed by atoms with van der Waals surface area (Å²) in [4.78, 5) is 12.5. The number of carbonyl (C=O) groups excluding carboxylic acids is 1. The van der Waals surface area contributed by atoms with Gasteiger partial charge in [-0.05, 0) is 67.6 Å². The van der Waals surface area contributed by atoms with Crippen LogP contribution in [0.3, 0.4) is 0 Å². The topological polar surface area (TPSA) is 17.1 Å². The van der Waals surface area contributed by atoms with Crippen LogP contribution in [0.1, 0.15) is 58.8 Å². The van der Waals surface area contributed by atoms with Crippen LogP contribution in [0, 0.1) is 40.4 Å². The van der Waals surface area contributed by atoms with E-state index < -0.39 is 0 Å². The Hall–Kier alpha value is -1.11. The zero-order valence-corrected chi connectivity index (χ0v) is 15.4. The van der Waals surface area contributed by atoms with Gasteiger partial charge in [0.25, 0.3) is 0 Å². The van der Waals surface area contributed by atoms with E-state index in [2.05, 4.69) is 45.2 Å². The van der Waals surface area contributed by atoms with Crippen molar-refractivity contribution in [2.75, 3.05) is 0 Å². The smallest absolute Gasteiger partial charge is 0.139 e. The Morgan fingerprint density at radius 1 is 1.04 bits per heavy atom. The number of fused-ring (bicyclic) bond motifs is 5. The van der Waals surface area contributed by atoms with E-state index in [4.69, 9.17) is 0 Å². The fourth-order valence-corrected chi connectivity index (χ4v) is 7.18. The Morgan fingerprint density at radius 3 is 2.46 bits per heavy atom. The lowest BCUT2D eigenvalue weighted by Crippen LogP contribution is -2.51. The van der Waals surface area contributed by atoms with Crippen LogP contribution in [0.2, 0.25) is 0 Å². The summed E-state index contributed by atoms with van der Waals surface area (Å²) in [6.45, 7) is 13.0. The zero-order chi connectivity index (χ0) is 17.1. The minimum absolute atomic E-state index is 0.0149. The first-order chi connectivity index (χ1) is 11.5. The molecule has 0 unspecified atom stereocenters. The number of hydrogen-bond acceptors (Lipinski definition) is 1. The molecule has 0 N–H and O–H groups in total. The summed E-state index contributed by atoms with van der Waals surface area (Å²) in [5.41, 5.74) is 1.94. The maximum Gasteiger partial charge on any atom is 0.139 e. The first kappa shape index (κ1) is 16.4. The molecule has 4 aliphatic rings. The van der Waals surface area contributed by atoms with Gasteiger partial charge in [-0.2, -0.15) is 0 Å². The third kappa shape index (κ3) is 1.96. The molecule has 0 aromatic carbocycles. The Bertz CT molecular complexity index is 614. The molecular weight excluding hydrogens is 292 g/mol. The summed E-state index contributed by atoms with van der Waals surface area (Å²) in [5, 5.41) is 0. The predicted octanol–water partition coefficient (Wildman–Crippen LogP) is 5.73. The molecule has 0 aromatic rings. The van der Waals surface area contributed by atoms with E-state index in [1.54, 1.807) is 5.57 Å². The maximum absolute atomic E-state index is 12.5. The van der Waals surface area contributed by atoms with Crippen LogP contribution in [0.4, 0.5) is 0 Å². The van der Waals surface area contributed by atoms with Crippen LogP contribution < -0.4 is 0 Å². The number of hydrogen-bond donors (Lipinski definition) is 0. The standard InChI is InChI=1S/C23H32O/c1-5-15-11-13-22(3)18(16(15)6-2)8-7-17-19-9-10-21(24)23(19,4)14-12-20(17)22/h5-6,8,15-17,19-20H,1-2,7,9-14H2,3-4H3/t15-,16+,17-,19-,20-,22-,23-/m0/s1. The van der Waals surface area contributed by atoms with Crippen molar-refractivity contribution < 1.29 is 4.79 Å². The molecule has 0 amide bonds. The zero-order valence-electron chi connectivity index (χ0n) is 15.4. The lowest BCUT2D eigenvalue weighted by Gasteiger charge is -2.58.